The Hall–Kier alpha value is -2.51. The number of nitrogens with one attached hydrogen (secondary N) is 1. The van der Waals surface area contributed by atoms with Gasteiger partial charge in [-0.05, 0) is 25.1 Å². The van der Waals surface area contributed by atoms with Crippen molar-refractivity contribution in [3.63, 3.8) is 0 Å². The summed E-state index contributed by atoms with van der Waals surface area (Å²) in [6.45, 7) is 1.74. The number of sulfone groups is 1. The maximum Gasteiger partial charge on any atom is 0.356 e. The molecule has 0 atom stereocenters. The minimum Gasteiger partial charge on any atom is -0.461 e. The standard InChI is InChI=1S/C17H15ClN2O4S/c1-2-24-17(21)15-16(10-6-5-7-11(18)14(10)20-15)25(22,23)13-9-4-3-8-12(13)19/h3-9,20H,2,19H2,1H3. The molecular formula is C17H15ClN2O4S. The third-order valence-electron chi connectivity index (χ3n) is 3.69. The van der Waals surface area contributed by atoms with Gasteiger partial charge in [0.05, 0.1) is 27.7 Å². The highest BCUT2D eigenvalue weighted by molar-refractivity contribution is 7.92. The number of rotatable bonds is 4. The van der Waals surface area contributed by atoms with Crippen molar-refractivity contribution in [3.05, 3.63) is 53.2 Å². The van der Waals surface area contributed by atoms with E-state index in [0.717, 1.165) is 0 Å². The van der Waals surface area contributed by atoms with Gasteiger partial charge in [-0.1, -0.05) is 35.9 Å². The second kappa shape index (κ2) is 6.42. The monoisotopic (exact) mass is 378 g/mol. The van der Waals surface area contributed by atoms with Crippen LogP contribution in [0.3, 0.4) is 0 Å². The molecule has 3 N–H and O–H groups in total. The second-order valence-electron chi connectivity index (χ2n) is 5.25. The molecule has 0 aliphatic heterocycles. The van der Waals surface area contributed by atoms with Crippen LogP contribution < -0.4 is 5.73 Å². The predicted octanol–water partition coefficient (Wildman–Crippen LogP) is 3.41. The summed E-state index contributed by atoms with van der Waals surface area (Å²) in [5, 5.41) is 0.601. The van der Waals surface area contributed by atoms with Gasteiger partial charge in [0, 0.05) is 5.39 Å². The van der Waals surface area contributed by atoms with Crippen molar-refractivity contribution < 1.29 is 17.9 Å². The Balaban J connectivity index is 2.38. The summed E-state index contributed by atoms with van der Waals surface area (Å²) in [7, 11) is -4.08. The number of aromatic nitrogens is 1. The van der Waals surface area contributed by atoms with E-state index in [0.29, 0.717) is 15.9 Å². The number of aromatic amines is 1. The van der Waals surface area contributed by atoms with Gasteiger partial charge in [-0.15, -0.1) is 0 Å². The Morgan fingerprint density at radius 3 is 2.60 bits per heavy atom. The lowest BCUT2D eigenvalue weighted by atomic mass is 10.2. The number of esters is 1. The number of nitrogen functional groups attached to an aromatic ring is 1. The average molecular weight is 379 g/mol. The van der Waals surface area contributed by atoms with Gasteiger partial charge in [-0.25, -0.2) is 13.2 Å². The van der Waals surface area contributed by atoms with E-state index in [2.05, 4.69) is 4.98 Å². The van der Waals surface area contributed by atoms with Gasteiger partial charge in [-0.3, -0.25) is 0 Å². The smallest absolute Gasteiger partial charge is 0.356 e. The van der Waals surface area contributed by atoms with Gasteiger partial charge in [0.15, 0.2) is 0 Å². The highest BCUT2D eigenvalue weighted by Crippen LogP contribution is 2.36. The molecule has 0 aliphatic rings. The number of para-hydroxylation sites is 2. The number of hydrogen-bond donors (Lipinski definition) is 2. The number of ether oxygens (including phenoxy) is 1. The number of carbonyl (C=O) groups is 1. The lowest BCUT2D eigenvalue weighted by Crippen LogP contribution is -2.13. The summed E-state index contributed by atoms with van der Waals surface area (Å²) in [5.74, 6) is -0.775. The van der Waals surface area contributed by atoms with Crippen LogP contribution in [0.5, 0.6) is 0 Å². The molecule has 0 saturated carbocycles. The largest absolute Gasteiger partial charge is 0.461 e. The lowest BCUT2D eigenvalue weighted by Gasteiger charge is -2.09. The topological polar surface area (TPSA) is 102 Å². The molecule has 0 saturated heterocycles. The maximum atomic E-state index is 13.2. The lowest BCUT2D eigenvalue weighted by molar-refractivity contribution is 0.0516. The van der Waals surface area contributed by atoms with Gasteiger partial charge >= 0.3 is 5.97 Å². The Morgan fingerprint density at radius 1 is 1.20 bits per heavy atom. The molecule has 0 spiro atoms. The first-order chi connectivity index (χ1) is 11.9. The molecule has 0 bridgehead atoms. The molecule has 2 aromatic carbocycles. The van der Waals surface area contributed by atoms with Crippen LogP contribution in [0.2, 0.25) is 5.02 Å². The van der Waals surface area contributed by atoms with Crippen LogP contribution in [-0.4, -0.2) is 26.0 Å². The number of carbonyl (C=O) groups excluding carboxylic acids is 1. The zero-order valence-electron chi connectivity index (χ0n) is 13.2. The summed E-state index contributed by atoms with van der Waals surface area (Å²) in [6.07, 6.45) is 0. The quantitative estimate of drug-likeness (QED) is 0.535. The molecule has 0 aliphatic carbocycles. The van der Waals surface area contributed by atoms with Crippen LogP contribution >= 0.6 is 11.6 Å². The molecule has 25 heavy (non-hydrogen) atoms. The van der Waals surface area contributed by atoms with E-state index in [4.69, 9.17) is 22.1 Å². The minimum absolute atomic E-state index is 0.0820. The molecule has 1 heterocycles. The van der Waals surface area contributed by atoms with Crippen molar-refractivity contribution in [2.75, 3.05) is 12.3 Å². The number of fused-ring (bicyclic) bond motifs is 1. The number of halogens is 1. The van der Waals surface area contributed by atoms with Gasteiger partial charge in [-0.2, -0.15) is 0 Å². The summed E-state index contributed by atoms with van der Waals surface area (Å²) < 4.78 is 31.4. The zero-order valence-corrected chi connectivity index (χ0v) is 14.8. The van der Waals surface area contributed by atoms with Crippen LogP contribution in [-0.2, 0) is 14.6 Å². The molecular weight excluding hydrogens is 364 g/mol. The third kappa shape index (κ3) is 2.85. The van der Waals surface area contributed by atoms with Gasteiger partial charge in [0.1, 0.15) is 10.6 Å². The van der Waals surface area contributed by atoms with E-state index in [1.807, 2.05) is 0 Å². The fourth-order valence-electron chi connectivity index (χ4n) is 2.62. The first-order valence-electron chi connectivity index (χ1n) is 7.44. The fraction of sp³-hybridized carbons (Fsp3) is 0.118. The third-order valence-corrected chi connectivity index (χ3v) is 5.92. The molecule has 1 aromatic heterocycles. The molecule has 8 heteroatoms. The first kappa shape index (κ1) is 17.3. The Bertz CT molecular complexity index is 1070. The minimum atomic E-state index is -4.08. The number of benzene rings is 2. The van der Waals surface area contributed by atoms with E-state index in [1.165, 1.54) is 12.1 Å². The molecule has 0 fully saturated rings. The summed E-state index contributed by atoms with van der Waals surface area (Å²) in [4.78, 5) is 14.8. The van der Waals surface area contributed by atoms with E-state index in [9.17, 15) is 13.2 Å². The van der Waals surface area contributed by atoms with Gasteiger partial charge in [0.25, 0.3) is 0 Å². The molecule has 6 nitrogen and oxygen atoms in total. The molecule has 0 amide bonds. The SMILES string of the molecule is CCOC(=O)c1[nH]c2c(Cl)cccc2c1S(=O)(=O)c1ccccc1N. The highest BCUT2D eigenvalue weighted by Gasteiger charge is 2.31. The van der Waals surface area contributed by atoms with Crippen LogP contribution in [0.25, 0.3) is 10.9 Å². The van der Waals surface area contributed by atoms with Crippen LogP contribution in [0.1, 0.15) is 17.4 Å². The fourth-order valence-corrected chi connectivity index (χ4v) is 4.56. The van der Waals surface area contributed by atoms with Crippen molar-refractivity contribution in [1.82, 2.24) is 4.98 Å². The normalized spacial score (nSPS) is 11.6. The van der Waals surface area contributed by atoms with Crippen molar-refractivity contribution >= 4 is 44.0 Å². The van der Waals surface area contributed by atoms with Crippen LogP contribution in [0.4, 0.5) is 5.69 Å². The Labute approximate surface area is 149 Å². The zero-order chi connectivity index (χ0) is 18.2. The van der Waals surface area contributed by atoms with Crippen molar-refractivity contribution in [2.24, 2.45) is 0 Å². The van der Waals surface area contributed by atoms with E-state index < -0.39 is 15.8 Å². The Kier molecular flexibility index (Phi) is 4.45. The maximum absolute atomic E-state index is 13.2. The number of H-pyrrole nitrogens is 1. The number of nitrogens with two attached hydrogens (primary N) is 1. The first-order valence-corrected chi connectivity index (χ1v) is 9.31. The second-order valence-corrected chi connectivity index (χ2v) is 7.52. The predicted molar refractivity (Wildman–Crippen MR) is 95.6 cm³/mol. The average Bonchev–Trinajstić information content (AvgIpc) is 2.97. The van der Waals surface area contributed by atoms with E-state index in [1.54, 1.807) is 37.3 Å². The molecule has 3 rings (SSSR count). The van der Waals surface area contributed by atoms with E-state index in [-0.39, 0.29) is 27.8 Å². The van der Waals surface area contributed by atoms with Gasteiger partial charge < -0.3 is 15.5 Å². The van der Waals surface area contributed by atoms with Crippen LogP contribution in [0.15, 0.2) is 52.3 Å². The number of hydrogen-bond acceptors (Lipinski definition) is 5. The summed E-state index contributed by atoms with van der Waals surface area (Å²) in [5.41, 5.74) is 6.11. The van der Waals surface area contributed by atoms with Crippen molar-refractivity contribution in [3.8, 4) is 0 Å². The molecule has 0 radical (unpaired) electrons. The highest BCUT2D eigenvalue weighted by atomic mass is 35.5. The Morgan fingerprint density at radius 2 is 1.92 bits per heavy atom. The van der Waals surface area contributed by atoms with Crippen LogP contribution in [0, 0.1) is 0 Å². The molecule has 130 valence electrons. The summed E-state index contributed by atoms with van der Waals surface area (Å²) in [6, 6.07) is 10.9. The van der Waals surface area contributed by atoms with Gasteiger partial charge in [0.2, 0.25) is 9.84 Å². The summed E-state index contributed by atoms with van der Waals surface area (Å²) >= 11 is 6.15. The molecule has 0 unspecified atom stereocenters. The van der Waals surface area contributed by atoms with Crippen molar-refractivity contribution in [2.45, 2.75) is 16.7 Å². The number of anilines is 1. The van der Waals surface area contributed by atoms with E-state index >= 15 is 0 Å². The molecule has 3 aromatic rings. The van der Waals surface area contributed by atoms with Crippen molar-refractivity contribution in [1.29, 1.82) is 0 Å².